The monoisotopic (exact) mass is 275 g/mol. The average Bonchev–Trinajstić information content (AvgIpc) is 2.11. The van der Waals surface area contributed by atoms with Crippen molar-refractivity contribution in [2.24, 2.45) is 0 Å². The second-order valence-electron chi connectivity index (χ2n) is 5.88. The Morgan fingerprint density at radius 1 is 0.842 bits per heavy atom. The first-order valence-electron chi connectivity index (χ1n) is 6.27. The Kier molecular flexibility index (Phi) is 6.61. The molecule has 0 heterocycles. The molecule has 0 aromatic carbocycles. The zero-order chi connectivity index (χ0) is 15.1. The fourth-order valence-electron chi connectivity index (χ4n) is 1.63. The van der Waals surface area contributed by atoms with Gasteiger partial charge in [-0.3, -0.25) is 0 Å². The van der Waals surface area contributed by atoms with Crippen LogP contribution >= 0.6 is 0 Å². The van der Waals surface area contributed by atoms with E-state index in [0.29, 0.717) is 25.9 Å². The van der Waals surface area contributed by atoms with Crippen molar-refractivity contribution in [1.82, 2.24) is 16.0 Å². The summed E-state index contributed by atoms with van der Waals surface area (Å²) in [6.07, 6.45) is -0.744. The Labute approximate surface area is 113 Å². The van der Waals surface area contributed by atoms with Gasteiger partial charge in [0.1, 0.15) is 0 Å². The summed E-state index contributed by atoms with van der Waals surface area (Å²) < 4.78 is 0. The molecule has 19 heavy (non-hydrogen) atoms. The quantitative estimate of drug-likeness (QED) is 0.431. The molecule has 0 rings (SSSR count). The van der Waals surface area contributed by atoms with Crippen LogP contribution in [0.3, 0.4) is 0 Å². The molecule has 5 N–H and O–H groups in total. The summed E-state index contributed by atoms with van der Waals surface area (Å²) in [6, 6.07) is 0. The largest absolute Gasteiger partial charge is 0.465 e. The third-order valence-corrected chi connectivity index (χ3v) is 2.74. The second-order valence-corrected chi connectivity index (χ2v) is 5.88. The molecule has 7 nitrogen and oxygen atoms in total. The van der Waals surface area contributed by atoms with Gasteiger partial charge in [-0.05, 0) is 53.6 Å². The summed E-state index contributed by atoms with van der Waals surface area (Å²) in [5, 5.41) is 25.4. The molecule has 0 aliphatic rings. The predicted molar refractivity (Wildman–Crippen MR) is 72.6 cm³/mol. The highest BCUT2D eigenvalue weighted by molar-refractivity contribution is 5.65. The van der Waals surface area contributed by atoms with E-state index >= 15 is 0 Å². The fraction of sp³-hybridized carbons (Fsp3) is 0.833. The Balaban J connectivity index is 3.81. The molecule has 0 aromatic rings. The maximum Gasteiger partial charge on any atom is 0.405 e. The van der Waals surface area contributed by atoms with E-state index in [1.807, 2.05) is 27.7 Å². The summed E-state index contributed by atoms with van der Waals surface area (Å²) in [6.45, 7) is 8.60. The molecule has 0 saturated carbocycles. The number of nitrogens with one attached hydrogen (secondary N) is 3. The van der Waals surface area contributed by atoms with Gasteiger partial charge in [-0.1, -0.05) is 0 Å². The number of rotatable bonds is 8. The lowest BCUT2D eigenvalue weighted by Crippen LogP contribution is -2.46. The first kappa shape index (κ1) is 17.5. The first-order valence-corrected chi connectivity index (χ1v) is 6.27. The van der Waals surface area contributed by atoms with Crippen LogP contribution < -0.4 is 16.0 Å². The van der Waals surface area contributed by atoms with Crippen LogP contribution in [0.15, 0.2) is 0 Å². The summed E-state index contributed by atoms with van der Waals surface area (Å²) in [5.74, 6) is 0. The van der Waals surface area contributed by atoms with Crippen LogP contribution in [-0.4, -0.2) is 46.6 Å². The molecule has 0 saturated heterocycles. The van der Waals surface area contributed by atoms with Crippen molar-refractivity contribution in [3.05, 3.63) is 0 Å². The van der Waals surface area contributed by atoms with Crippen molar-refractivity contribution >= 4 is 12.2 Å². The van der Waals surface area contributed by atoms with Crippen LogP contribution in [0.25, 0.3) is 0 Å². The molecular formula is C12H25N3O4. The second kappa shape index (κ2) is 7.18. The van der Waals surface area contributed by atoms with E-state index in [4.69, 9.17) is 10.2 Å². The zero-order valence-electron chi connectivity index (χ0n) is 12.0. The molecule has 0 radical (unpaired) electrons. The Bertz CT molecular complexity index is 286. The Morgan fingerprint density at radius 3 is 1.42 bits per heavy atom. The maximum atomic E-state index is 10.5. The number of amides is 2. The summed E-state index contributed by atoms with van der Waals surface area (Å²) >= 11 is 0. The highest BCUT2D eigenvalue weighted by Gasteiger charge is 2.21. The van der Waals surface area contributed by atoms with E-state index in [1.165, 1.54) is 0 Å². The summed E-state index contributed by atoms with van der Waals surface area (Å²) in [4.78, 5) is 21.1. The minimum atomic E-state index is -1.03. The molecule has 2 amide bonds. The van der Waals surface area contributed by atoms with Crippen LogP contribution in [0.5, 0.6) is 0 Å². The fourth-order valence-corrected chi connectivity index (χ4v) is 1.63. The molecule has 0 aliphatic heterocycles. The minimum Gasteiger partial charge on any atom is -0.465 e. The van der Waals surface area contributed by atoms with E-state index in [-0.39, 0.29) is 0 Å². The third-order valence-electron chi connectivity index (χ3n) is 2.74. The van der Waals surface area contributed by atoms with Crippen LogP contribution in [0.2, 0.25) is 0 Å². The molecular weight excluding hydrogens is 250 g/mol. The highest BCUT2D eigenvalue weighted by atomic mass is 16.4. The van der Waals surface area contributed by atoms with Crippen LogP contribution in [0, 0.1) is 0 Å². The normalized spacial score (nSPS) is 12.0. The molecule has 0 bridgehead atoms. The molecule has 0 spiro atoms. The van der Waals surface area contributed by atoms with Crippen molar-refractivity contribution < 1.29 is 19.8 Å². The van der Waals surface area contributed by atoms with Gasteiger partial charge in [-0.15, -0.1) is 0 Å². The van der Waals surface area contributed by atoms with Gasteiger partial charge in [-0.25, -0.2) is 9.59 Å². The van der Waals surface area contributed by atoms with Crippen molar-refractivity contribution in [3.63, 3.8) is 0 Å². The van der Waals surface area contributed by atoms with Gasteiger partial charge >= 0.3 is 12.2 Å². The summed E-state index contributed by atoms with van der Waals surface area (Å²) in [5.41, 5.74) is -0.957. The minimum absolute atomic E-state index is 0.479. The lowest BCUT2D eigenvalue weighted by atomic mass is 10.00. The van der Waals surface area contributed by atoms with E-state index in [0.717, 1.165) is 0 Å². The van der Waals surface area contributed by atoms with Crippen LogP contribution in [0.1, 0.15) is 40.5 Å². The van der Waals surface area contributed by atoms with Crippen molar-refractivity contribution in [2.45, 2.75) is 51.6 Å². The van der Waals surface area contributed by atoms with Crippen LogP contribution in [0.4, 0.5) is 9.59 Å². The van der Waals surface area contributed by atoms with E-state index in [2.05, 4.69) is 16.0 Å². The molecule has 7 heteroatoms. The highest BCUT2D eigenvalue weighted by Crippen LogP contribution is 2.08. The average molecular weight is 275 g/mol. The SMILES string of the molecule is CC(C)(CCNCCC(C)(C)NC(=O)O)NC(=O)O. The Hall–Kier alpha value is -1.50. The van der Waals surface area contributed by atoms with Crippen molar-refractivity contribution in [3.8, 4) is 0 Å². The van der Waals surface area contributed by atoms with Gasteiger partial charge in [0, 0.05) is 11.1 Å². The van der Waals surface area contributed by atoms with Gasteiger partial charge < -0.3 is 26.2 Å². The van der Waals surface area contributed by atoms with Gasteiger partial charge in [-0.2, -0.15) is 0 Å². The Morgan fingerprint density at radius 2 is 1.16 bits per heavy atom. The van der Waals surface area contributed by atoms with E-state index in [1.54, 1.807) is 0 Å². The van der Waals surface area contributed by atoms with Crippen molar-refractivity contribution in [2.75, 3.05) is 13.1 Å². The zero-order valence-corrected chi connectivity index (χ0v) is 12.0. The van der Waals surface area contributed by atoms with Gasteiger partial charge in [0.05, 0.1) is 0 Å². The molecule has 0 aliphatic carbocycles. The van der Waals surface area contributed by atoms with Gasteiger partial charge in [0.2, 0.25) is 0 Å². The summed E-state index contributed by atoms with van der Waals surface area (Å²) in [7, 11) is 0. The van der Waals surface area contributed by atoms with Gasteiger partial charge in [0.25, 0.3) is 0 Å². The lowest BCUT2D eigenvalue weighted by Gasteiger charge is -2.26. The van der Waals surface area contributed by atoms with Crippen LogP contribution in [-0.2, 0) is 0 Å². The lowest BCUT2D eigenvalue weighted by molar-refractivity contribution is 0.180. The smallest absolute Gasteiger partial charge is 0.405 e. The number of hydrogen-bond acceptors (Lipinski definition) is 3. The maximum absolute atomic E-state index is 10.5. The van der Waals surface area contributed by atoms with Gasteiger partial charge in [0.15, 0.2) is 0 Å². The standard InChI is InChI=1S/C12H25N3O4/c1-11(2,14-9(16)17)5-7-13-8-6-12(3,4)15-10(18)19/h13-15H,5-8H2,1-4H3,(H,16,17)(H,18,19). The number of hydrogen-bond donors (Lipinski definition) is 5. The molecule has 0 fully saturated rings. The molecule has 0 aromatic heterocycles. The number of carboxylic acid groups (broad SMARTS) is 2. The number of carbonyl (C=O) groups is 2. The van der Waals surface area contributed by atoms with Crippen molar-refractivity contribution in [1.29, 1.82) is 0 Å². The molecule has 112 valence electrons. The first-order chi connectivity index (χ1) is 8.54. The topological polar surface area (TPSA) is 111 Å². The predicted octanol–water partition coefficient (Wildman–Crippen LogP) is 1.45. The molecule has 0 unspecified atom stereocenters. The third kappa shape index (κ3) is 10.1. The molecule has 0 atom stereocenters. The van der Waals surface area contributed by atoms with E-state index < -0.39 is 23.3 Å². The van der Waals surface area contributed by atoms with E-state index in [9.17, 15) is 9.59 Å².